The number of hydrogen-bond acceptors (Lipinski definition) is 5. The fraction of sp³-hybridized carbons (Fsp3) is 0.588. The van der Waals surface area contributed by atoms with Gasteiger partial charge in [-0.3, -0.25) is 9.88 Å². The van der Waals surface area contributed by atoms with Gasteiger partial charge in [0, 0.05) is 51.5 Å². The molecule has 22 heavy (non-hydrogen) atoms. The topological polar surface area (TPSA) is 22.6 Å². The van der Waals surface area contributed by atoms with E-state index in [9.17, 15) is 0 Å². The third kappa shape index (κ3) is 2.62. The maximum Gasteiger partial charge on any atom is 0.0830 e. The van der Waals surface area contributed by atoms with Gasteiger partial charge in [0.1, 0.15) is 0 Å². The molecule has 4 heterocycles. The molecule has 0 saturated carbocycles. The molecule has 2 aromatic heterocycles. The quantitative estimate of drug-likeness (QED) is 0.868. The number of fused-ring (bicyclic) bond motifs is 1. The van der Waals surface area contributed by atoms with Gasteiger partial charge in [-0.2, -0.15) is 0 Å². The van der Waals surface area contributed by atoms with Crippen molar-refractivity contribution in [3.05, 3.63) is 23.7 Å². The molecule has 5 heteroatoms. The van der Waals surface area contributed by atoms with Crippen LogP contribution >= 0.6 is 11.3 Å². The monoisotopic (exact) mass is 316 g/mol. The second kappa shape index (κ2) is 6.14. The van der Waals surface area contributed by atoms with E-state index in [-0.39, 0.29) is 0 Å². The fourth-order valence-electron chi connectivity index (χ4n) is 3.81. The molecule has 0 N–H and O–H groups in total. The minimum atomic E-state index is 0.724. The molecule has 2 fully saturated rings. The summed E-state index contributed by atoms with van der Waals surface area (Å²) >= 11 is 1.82. The average Bonchev–Trinajstić information content (AvgIpc) is 3.24. The molecule has 1 unspecified atom stereocenters. The first-order valence-corrected chi connectivity index (χ1v) is 9.26. The van der Waals surface area contributed by atoms with Crippen LogP contribution in [-0.2, 0) is 0 Å². The lowest BCUT2D eigenvalue weighted by molar-refractivity contribution is 0.107. The van der Waals surface area contributed by atoms with Crippen LogP contribution < -0.4 is 4.90 Å². The molecule has 4 nitrogen and oxygen atoms in total. The predicted octanol–water partition coefficient (Wildman–Crippen LogP) is 2.51. The summed E-state index contributed by atoms with van der Waals surface area (Å²) in [5, 5.41) is 2.15. The fourth-order valence-corrected chi connectivity index (χ4v) is 4.70. The van der Waals surface area contributed by atoms with E-state index in [0.29, 0.717) is 0 Å². The summed E-state index contributed by atoms with van der Waals surface area (Å²) < 4.78 is 1.35. The summed E-state index contributed by atoms with van der Waals surface area (Å²) in [6.45, 7) is 10.7. The van der Waals surface area contributed by atoms with Gasteiger partial charge in [-0.05, 0) is 30.5 Å². The third-order valence-corrected chi connectivity index (χ3v) is 6.12. The smallest absolute Gasteiger partial charge is 0.0830 e. The summed E-state index contributed by atoms with van der Waals surface area (Å²) in [7, 11) is 0. The highest BCUT2D eigenvalue weighted by molar-refractivity contribution is 7.17. The minimum absolute atomic E-state index is 0.724. The first kappa shape index (κ1) is 14.4. The number of thiophene rings is 1. The van der Waals surface area contributed by atoms with Gasteiger partial charge < -0.3 is 9.80 Å². The van der Waals surface area contributed by atoms with Crippen molar-refractivity contribution in [2.45, 2.75) is 19.4 Å². The molecule has 0 aromatic carbocycles. The van der Waals surface area contributed by atoms with Gasteiger partial charge >= 0.3 is 0 Å². The van der Waals surface area contributed by atoms with Crippen molar-refractivity contribution >= 4 is 27.2 Å². The number of rotatable bonds is 3. The van der Waals surface area contributed by atoms with Gasteiger partial charge in [-0.25, -0.2) is 0 Å². The highest BCUT2D eigenvalue weighted by Crippen LogP contribution is 2.32. The second-order valence-electron chi connectivity index (χ2n) is 6.32. The summed E-state index contributed by atoms with van der Waals surface area (Å²) in [5.74, 6) is 0. The van der Waals surface area contributed by atoms with Crippen LogP contribution in [0.3, 0.4) is 0 Å². The number of piperazine rings is 1. The minimum Gasteiger partial charge on any atom is -0.369 e. The molecule has 0 radical (unpaired) electrons. The normalized spacial score (nSPS) is 24.4. The predicted molar refractivity (Wildman–Crippen MR) is 93.9 cm³/mol. The van der Waals surface area contributed by atoms with E-state index in [4.69, 9.17) is 0 Å². The Balaban J connectivity index is 1.45. The lowest BCUT2D eigenvalue weighted by Gasteiger charge is -2.37. The molecular formula is C17H24N4S. The van der Waals surface area contributed by atoms with Gasteiger partial charge in [-0.1, -0.05) is 6.92 Å². The molecule has 1 atom stereocenters. The van der Waals surface area contributed by atoms with E-state index in [0.717, 1.165) is 11.6 Å². The van der Waals surface area contributed by atoms with E-state index in [1.54, 1.807) is 0 Å². The van der Waals surface area contributed by atoms with Gasteiger partial charge in [0.25, 0.3) is 0 Å². The second-order valence-corrected chi connectivity index (χ2v) is 7.24. The van der Waals surface area contributed by atoms with Crippen molar-refractivity contribution in [1.82, 2.24) is 14.8 Å². The van der Waals surface area contributed by atoms with E-state index in [1.165, 1.54) is 62.6 Å². The number of anilines is 1. The Bertz CT molecular complexity index is 632. The van der Waals surface area contributed by atoms with Crippen LogP contribution in [0.5, 0.6) is 0 Å². The molecule has 2 saturated heterocycles. The molecule has 0 amide bonds. The zero-order valence-electron chi connectivity index (χ0n) is 13.2. The summed E-state index contributed by atoms with van der Waals surface area (Å²) in [6.07, 6.45) is 3.25. The lowest BCUT2D eigenvalue weighted by Crippen LogP contribution is -2.50. The van der Waals surface area contributed by atoms with Gasteiger partial charge in [0.2, 0.25) is 0 Å². The molecule has 0 spiro atoms. The van der Waals surface area contributed by atoms with E-state index < -0.39 is 0 Å². The van der Waals surface area contributed by atoms with Gasteiger partial charge in [0.15, 0.2) is 0 Å². The van der Waals surface area contributed by atoms with Crippen LogP contribution in [-0.4, -0.2) is 66.6 Å². The van der Waals surface area contributed by atoms with Crippen molar-refractivity contribution in [1.29, 1.82) is 0 Å². The van der Waals surface area contributed by atoms with Crippen molar-refractivity contribution in [2.75, 3.05) is 50.7 Å². The Morgan fingerprint density at radius 1 is 1.18 bits per heavy atom. The van der Waals surface area contributed by atoms with Gasteiger partial charge in [0.05, 0.1) is 15.9 Å². The summed E-state index contributed by atoms with van der Waals surface area (Å²) in [5.41, 5.74) is 2.53. The third-order valence-electron chi connectivity index (χ3n) is 5.20. The number of hydrogen-bond donors (Lipinski definition) is 0. The number of likely N-dealkylation sites (N-methyl/N-ethyl adjacent to an activating group) is 1. The van der Waals surface area contributed by atoms with Gasteiger partial charge in [-0.15, -0.1) is 11.3 Å². The summed E-state index contributed by atoms with van der Waals surface area (Å²) in [4.78, 5) is 12.3. The Morgan fingerprint density at radius 2 is 2.05 bits per heavy atom. The van der Waals surface area contributed by atoms with E-state index >= 15 is 0 Å². The van der Waals surface area contributed by atoms with Crippen LogP contribution in [0.4, 0.5) is 5.69 Å². The molecule has 2 aliphatic rings. The molecule has 0 bridgehead atoms. The van der Waals surface area contributed by atoms with Crippen LogP contribution in [0.15, 0.2) is 23.7 Å². The zero-order valence-corrected chi connectivity index (χ0v) is 14.1. The zero-order chi connectivity index (χ0) is 14.9. The number of pyridine rings is 1. The maximum absolute atomic E-state index is 4.47. The van der Waals surface area contributed by atoms with Crippen LogP contribution in [0.1, 0.15) is 13.3 Å². The Kier molecular flexibility index (Phi) is 4.03. The Morgan fingerprint density at radius 3 is 2.86 bits per heavy atom. The van der Waals surface area contributed by atoms with Crippen molar-refractivity contribution in [2.24, 2.45) is 0 Å². The van der Waals surface area contributed by atoms with E-state index in [2.05, 4.69) is 44.1 Å². The highest BCUT2D eigenvalue weighted by atomic mass is 32.1. The molecule has 2 aliphatic heterocycles. The van der Waals surface area contributed by atoms with Crippen molar-refractivity contribution < 1.29 is 0 Å². The van der Waals surface area contributed by atoms with E-state index in [1.807, 2.05) is 17.5 Å². The number of aromatic nitrogens is 1. The molecular weight excluding hydrogens is 292 g/mol. The van der Waals surface area contributed by atoms with Crippen LogP contribution in [0.2, 0.25) is 0 Å². The Labute approximate surface area is 136 Å². The van der Waals surface area contributed by atoms with Crippen molar-refractivity contribution in [3.63, 3.8) is 0 Å². The molecule has 2 aromatic rings. The average molecular weight is 316 g/mol. The molecule has 4 rings (SSSR count). The standard InChI is InChI=1S/C17H24N4S/c1-2-19-8-10-20(11-9-19)14-4-7-21(13-14)16-3-6-18-15-5-12-22-17(15)16/h3,5-6,12,14H,2,4,7-11,13H2,1H3. The van der Waals surface area contributed by atoms with Crippen LogP contribution in [0, 0.1) is 0 Å². The van der Waals surface area contributed by atoms with Crippen LogP contribution in [0.25, 0.3) is 10.2 Å². The molecule has 118 valence electrons. The number of nitrogens with zero attached hydrogens (tertiary/aromatic N) is 4. The highest BCUT2D eigenvalue weighted by Gasteiger charge is 2.30. The Hall–Kier alpha value is -1.17. The first-order valence-electron chi connectivity index (χ1n) is 8.38. The van der Waals surface area contributed by atoms with Crippen molar-refractivity contribution in [3.8, 4) is 0 Å². The maximum atomic E-state index is 4.47. The summed E-state index contributed by atoms with van der Waals surface area (Å²) in [6, 6.07) is 5.04. The molecule has 0 aliphatic carbocycles. The largest absolute Gasteiger partial charge is 0.369 e. The first-order chi connectivity index (χ1) is 10.8. The lowest BCUT2D eigenvalue weighted by atomic mass is 10.2. The SMILES string of the molecule is CCN1CCN(C2CCN(c3ccnc4ccsc34)C2)CC1.